The van der Waals surface area contributed by atoms with Crippen LogP contribution in [0.15, 0.2) is 29.2 Å². The average molecular weight is 397 g/mol. The second-order valence-corrected chi connectivity index (χ2v) is 8.89. The third-order valence-corrected chi connectivity index (χ3v) is 7.24. The predicted octanol–water partition coefficient (Wildman–Crippen LogP) is 1.83. The first-order chi connectivity index (χ1) is 12.7. The zero-order valence-electron chi connectivity index (χ0n) is 16.1. The van der Waals surface area contributed by atoms with E-state index in [1.54, 1.807) is 43.0 Å². The third kappa shape index (κ3) is 4.87. The first-order valence-corrected chi connectivity index (χ1v) is 10.7. The molecular formula is C19H28N2O5S. The van der Waals surface area contributed by atoms with Crippen LogP contribution < -0.4 is 0 Å². The summed E-state index contributed by atoms with van der Waals surface area (Å²) in [4.78, 5) is 25.4. The molecule has 1 aromatic carbocycles. The Kier molecular flexibility index (Phi) is 7.00. The standard InChI is InChI=1S/C19H28N2O5S/c1-4-21(5-2)27(25,26)16-9-6-15(7-10-16)8-11-18(22)20-12-14(3)17(13-20)19(23)24/h6-7,9-10,14,17H,4-5,8,11-13H2,1-3H3,(H,23,24)/t14-,17-/m1/s1. The molecule has 1 heterocycles. The molecule has 0 aromatic heterocycles. The summed E-state index contributed by atoms with van der Waals surface area (Å²) in [6.07, 6.45) is 0.772. The van der Waals surface area contributed by atoms with Crippen molar-refractivity contribution in [1.82, 2.24) is 9.21 Å². The van der Waals surface area contributed by atoms with Gasteiger partial charge in [-0.1, -0.05) is 32.9 Å². The van der Waals surface area contributed by atoms with Gasteiger partial charge in [0, 0.05) is 32.6 Å². The lowest BCUT2D eigenvalue weighted by atomic mass is 9.99. The topological polar surface area (TPSA) is 95.0 Å². The van der Waals surface area contributed by atoms with E-state index >= 15 is 0 Å². The molecule has 0 saturated carbocycles. The number of likely N-dealkylation sites (tertiary alicyclic amines) is 1. The van der Waals surface area contributed by atoms with Gasteiger partial charge in [0.05, 0.1) is 10.8 Å². The lowest BCUT2D eigenvalue weighted by Crippen LogP contribution is -2.30. The van der Waals surface area contributed by atoms with Gasteiger partial charge in [0.1, 0.15) is 0 Å². The Balaban J connectivity index is 1.96. The van der Waals surface area contributed by atoms with Gasteiger partial charge >= 0.3 is 5.97 Å². The van der Waals surface area contributed by atoms with Crippen molar-refractivity contribution in [3.8, 4) is 0 Å². The van der Waals surface area contributed by atoms with E-state index in [2.05, 4.69) is 0 Å². The number of carboxylic acids is 1. The lowest BCUT2D eigenvalue weighted by Gasteiger charge is -2.18. The number of aryl methyl sites for hydroxylation is 1. The van der Waals surface area contributed by atoms with E-state index in [4.69, 9.17) is 5.11 Å². The SMILES string of the molecule is CCN(CC)S(=O)(=O)c1ccc(CCC(=O)N2C[C@@H](C)[C@H](C(=O)O)C2)cc1. The summed E-state index contributed by atoms with van der Waals surface area (Å²) in [7, 11) is -3.48. The molecule has 8 heteroatoms. The van der Waals surface area contributed by atoms with Gasteiger partial charge in [-0.05, 0) is 30.0 Å². The van der Waals surface area contributed by atoms with Crippen molar-refractivity contribution >= 4 is 21.9 Å². The van der Waals surface area contributed by atoms with Crippen molar-refractivity contribution in [1.29, 1.82) is 0 Å². The van der Waals surface area contributed by atoms with Gasteiger partial charge in [0.2, 0.25) is 15.9 Å². The molecular weight excluding hydrogens is 368 g/mol. The quantitative estimate of drug-likeness (QED) is 0.723. The van der Waals surface area contributed by atoms with E-state index in [0.29, 0.717) is 26.1 Å². The Hall–Kier alpha value is -1.93. The number of hydrogen-bond acceptors (Lipinski definition) is 4. The lowest BCUT2D eigenvalue weighted by molar-refractivity contribution is -0.142. The molecule has 0 bridgehead atoms. The van der Waals surface area contributed by atoms with Crippen LogP contribution in [0.3, 0.4) is 0 Å². The molecule has 7 nitrogen and oxygen atoms in total. The highest BCUT2D eigenvalue weighted by Crippen LogP contribution is 2.24. The molecule has 1 aliphatic rings. The van der Waals surface area contributed by atoms with E-state index in [0.717, 1.165) is 5.56 Å². The first-order valence-electron chi connectivity index (χ1n) is 9.30. The zero-order chi connectivity index (χ0) is 20.2. The van der Waals surface area contributed by atoms with Gasteiger partial charge in [0.25, 0.3) is 0 Å². The molecule has 1 fully saturated rings. The molecule has 1 aliphatic heterocycles. The fourth-order valence-electron chi connectivity index (χ4n) is 3.44. The smallest absolute Gasteiger partial charge is 0.308 e. The monoisotopic (exact) mass is 396 g/mol. The second-order valence-electron chi connectivity index (χ2n) is 6.95. The third-order valence-electron chi connectivity index (χ3n) is 5.18. The van der Waals surface area contributed by atoms with Crippen molar-refractivity contribution in [3.05, 3.63) is 29.8 Å². The highest BCUT2D eigenvalue weighted by atomic mass is 32.2. The number of carboxylic acid groups (broad SMARTS) is 1. The van der Waals surface area contributed by atoms with Gasteiger partial charge in [-0.3, -0.25) is 9.59 Å². The van der Waals surface area contributed by atoms with Crippen molar-refractivity contribution in [2.75, 3.05) is 26.2 Å². The Morgan fingerprint density at radius 2 is 1.74 bits per heavy atom. The van der Waals surface area contributed by atoms with Gasteiger partial charge in [-0.15, -0.1) is 0 Å². The molecule has 27 heavy (non-hydrogen) atoms. The molecule has 0 radical (unpaired) electrons. The van der Waals surface area contributed by atoms with Gasteiger partial charge in [0.15, 0.2) is 0 Å². The minimum atomic E-state index is -3.48. The fraction of sp³-hybridized carbons (Fsp3) is 0.579. The summed E-state index contributed by atoms with van der Waals surface area (Å²) in [6.45, 7) is 7.01. The number of hydrogen-bond donors (Lipinski definition) is 1. The van der Waals surface area contributed by atoms with Crippen LogP contribution in [0, 0.1) is 11.8 Å². The summed E-state index contributed by atoms with van der Waals surface area (Å²) in [6, 6.07) is 6.62. The number of carbonyl (C=O) groups is 2. The Morgan fingerprint density at radius 1 is 1.15 bits per heavy atom. The van der Waals surface area contributed by atoms with Crippen LogP contribution >= 0.6 is 0 Å². The highest BCUT2D eigenvalue weighted by molar-refractivity contribution is 7.89. The second kappa shape index (κ2) is 8.84. The van der Waals surface area contributed by atoms with Crippen molar-refractivity contribution in [2.24, 2.45) is 11.8 Å². The highest BCUT2D eigenvalue weighted by Gasteiger charge is 2.36. The van der Waals surface area contributed by atoms with Gasteiger partial charge in [-0.25, -0.2) is 8.42 Å². The van der Waals surface area contributed by atoms with Crippen LogP contribution in [0.5, 0.6) is 0 Å². The van der Waals surface area contributed by atoms with Crippen molar-refractivity contribution < 1.29 is 23.1 Å². The summed E-state index contributed by atoms with van der Waals surface area (Å²) >= 11 is 0. The molecule has 0 aliphatic carbocycles. The van der Waals surface area contributed by atoms with Crippen LogP contribution in [0.2, 0.25) is 0 Å². The summed E-state index contributed by atoms with van der Waals surface area (Å²) < 4.78 is 26.4. The van der Waals surface area contributed by atoms with Crippen LogP contribution in [0.25, 0.3) is 0 Å². The van der Waals surface area contributed by atoms with E-state index in [9.17, 15) is 18.0 Å². The van der Waals surface area contributed by atoms with E-state index in [1.165, 1.54) is 4.31 Å². The van der Waals surface area contributed by atoms with Gasteiger partial charge in [-0.2, -0.15) is 4.31 Å². The minimum absolute atomic E-state index is 0.0454. The van der Waals surface area contributed by atoms with Gasteiger partial charge < -0.3 is 10.0 Å². The maximum atomic E-state index is 12.5. The van der Waals surface area contributed by atoms with Crippen LogP contribution in [0.1, 0.15) is 32.8 Å². The molecule has 1 amide bonds. The van der Waals surface area contributed by atoms with E-state index in [1.807, 2.05) is 6.92 Å². The summed E-state index contributed by atoms with van der Waals surface area (Å²) in [5.41, 5.74) is 0.879. The molecule has 150 valence electrons. The Labute approximate surface area is 161 Å². The number of rotatable bonds is 8. The normalized spacial score (nSPS) is 20.2. The van der Waals surface area contributed by atoms with Crippen LogP contribution in [-0.2, 0) is 26.0 Å². The molecule has 1 aromatic rings. The molecule has 0 spiro atoms. The molecule has 1 saturated heterocycles. The first kappa shape index (κ1) is 21.4. The molecule has 1 N–H and O–H groups in total. The number of carbonyl (C=O) groups excluding carboxylic acids is 1. The summed E-state index contributed by atoms with van der Waals surface area (Å²) in [5.74, 6) is -1.47. The van der Waals surface area contributed by atoms with Crippen molar-refractivity contribution in [2.45, 2.75) is 38.5 Å². The predicted molar refractivity (Wildman–Crippen MR) is 102 cm³/mol. The van der Waals surface area contributed by atoms with E-state index < -0.39 is 21.9 Å². The van der Waals surface area contributed by atoms with Crippen LogP contribution in [0.4, 0.5) is 0 Å². The number of nitrogens with zero attached hydrogens (tertiary/aromatic N) is 2. The molecule has 0 unspecified atom stereocenters. The van der Waals surface area contributed by atoms with Crippen LogP contribution in [-0.4, -0.2) is 60.8 Å². The number of amides is 1. The Bertz CT molecular complexity index is 772. The number of aliphatic carboxylic acids is 1. The largest absolute Gasteiger partial charge is 0.481 e. The van der Waals surface area contributed by atoms with Crippen molar-refractivity contribution in [3.63, 3.8) is 0 Å². The maximum absolute atomic E-state index is 12.5. The summed E-state index contributed by atoms with van der Waals surface area (Å²) in [5, 5.41) is 9.17. The fourth-order valence-corrected chi connectivity index (χ4v) is 4.90. The average Bonchev–Trinajstić information content (AvgIpc) is 3.03. The maximum Gasteiger partial charge on any atom is 0.308 e. The number of sulfonamides is 1. The molecule has 2 rings (SSSR count). The Morgan fingerprint density at radius 3 is 2.22 bits per heavy atom. The molecule has 2 atom stereocenters. The minimum Gasteiger partial charge on any atom is -0.481 e. The zero-order valence-corrected chi connectivity index (χ0v) is 16.9. The van der Waals surface area contributed by atoms with E-state index in [-0.39, 0.29) is 29.7 Å². The number of benzene rings is 1.